The van der Waals surface area contributed by atoms with Crippen LogP contribution in [0.2, 0.25) is 0 Å². The van der Waals surface area contributed by atoms with Crippen LogP contribution in [0.1, 0.15) is 60.4 Å². The molecule has 0 aliphatic carbocycles. The third-order valence-electron chi connectivity index (χ3n) is 15.3. The van der Waals surface area contributed by atoms with Crippen molar-refractivity contribution in [3.8, 4) is 115 Å². The van der Waals surface area contributed by atoms with Crippen LogP contribution in [0, 0.1) is 41.5 Å². The SMILES string of the molecule is COC(=O)c1cc(C)cc2c1OCCO2.Cc1cc(O)c(O)c(O)c1.Cc1cc(O)c2c(c1)OCCO2.Cc1cc(O)c2c(c1)OCCO2.Cc1cc2c(c(OCc3ccccc3)c1)OCCO2.Cc1cc2c(c(OS(=O)(=O)C(F)(F)F)c1)OCCO2.O=C=O.O=C=O.O=C=O.OCc1cc2c(c(OCc3ccccc3)c1)OCCO2. The van der Waals surface area contributed by atoms with Crippen LogP contribution in [-0.2, 0) is 63.4 Å². The van der Waals surface area contributed by atoms with E-state index in [0.717, 1.165) is 56.5 Å². The summed E-state index contributed by atoms with van der Waals surface area (Å²) in [6.45, 7) is 17.5. The zero-order valence-electron chi connectivity index (χ0n) is 63.4. The number of aliphatic hydroxyl groups excluding tert-OH is 1. The maximum absolute atomic E-state index is 12.3. The number of fused-ring (bicyclic) bond motifs is 6. The van der Waals surface area contributed by atoms with E-state index in [0.29, 0.717) is 153 Å². The lowest BCUT2D eigenvalue weighted by Crippen LogP contribution is -2.28. The number of carbonyl (C=O) groups excluding carboxylic acids is 7. The summed E-state index contributed by atoms with van der Waals surface area (Å²) in [4.78, 5) is 60.2. The molecule has 0 unspecified atom stereocenters. The monoisotopic (exact) mass is 1640 g/mol. The van der Waals surface area contributed by atoms with Crippen molar-refractivity contribution >= 4 is 34.5 Å². The summed E-state index contributed by atoms with van der Waals surface area (Å²) in [6, 6.07) is 43.5. The average Bonchev–Trinajstić information content (AvgIpc) is 0.747. The van der Waals surface area contributed by atoms with Gasteiger partial charge in [0.05, 0.1) is 13.7 Å². The molecule has 0 fully saturated rings. The molecule has 6 aliphatic heterocycles. The Hall–Kier alpha value is -13.7. The summed E-state index contributed by atoms with van der Waals surface area (Å²) in [5.41, 5.74) is 3.05. The van der Waals surface area contributed by atoms with E-state index in [1.165, 1.54) is 25.3 Å². The standard InChI is InChI=1S/C16H16O4.C16H16O3.C11H12O4.C10H9F3O5S.2C9H10O3.C7H8O3.3CO2/c17-10-13-8-14-16(19-7-6-18-14)15(9-13)20-11-12-4-2-1-3-5-12;1-12-9-14-16(18-8-7-17-14)15(10-12)19-11-13-5-3-2-4-6-13;1-7-5-8(11(12)13-2)10-9(6-7)14-3-4-15-10;1-6-4-7-9(17-3-2-16-7)8(5-6)18-19(14,15)10(11,12)13;2*1-6-4-7(10)9-8(5-6)11-2-3-12-9;1-4-2-5(8)7(10)6(9)3-4;3*2-1-3/h1-5,8-9,17H,6-7,10-11H2;2-6,9-10H,7-8,11H2,1H3;5-6H,3-4H2,1-2H3;4-5H,2-3H2,1H3;2*4-5,10H,2-3H2,1H3;2-3,8-10H,1H3;;;. The van der Waals surface area contributed by atoms with Crippen molar-refractivity contribution in [1.82, 2.24) is 0 Å². The number of hydrogen-bond acceptors (Lipinski definition) is 31. The van der Waals surface area contributed by atoms with E-state index in [1.54, 1.807) is 44.2 Å². The number of aromatic hydroxyl groups is 5. The van der Waals surface area contributed by atoms with Gasteiger partial charge in [-0.25, -0.2) is 4.79 Å². The van der Waals surface area contributed by atoms with Gasteiger partial charge in [0.15, 0.2) is 86.2 Å². The Labute approximate surface area is 662 Å². The minimum absolute atomic E-state index is 0.0572. The van der Waals surface area contributed by atoms with Crippen LogP contribution in [0.3, 0.4) is 0 Å². The van der Waals surface area contributed by atoms with E-state index in [2.05, 4.69) is 8.92 Å². The van der Waals surface area contributed by atoms with Crippen molar-refractivity contribution < 1.29 is 161 Å². The van der Waals surface area contributed by atoms with Crippen LogP contribution in [-0.4, -0.2) is 155 Å². The largest absolute Gasteiger partial charge is 0.534 e. The molecule has 0 amide bonds. The number of aliphatic hydroxyl groups is 1. The Balaban J connectivity index is 0.000000209. The smallest absolute Gasteiger partial charge is 0.504 e. The lowest BCUT2D eigenvalue weighted by atomic mass is 10.1. The van der Waals surface area contributed by atoms with Crippen LogP contribution in [0.4, 0.5) is 13.2 Å². The summed E-state index contributed by atoms with van der Waals surface area (Å²) >= 11 is 0. The molecule has 0 saturated heterocycles. The predicted octanol–water partition coefficient (Wildman–Crippen LogP) is 11.7. The van der Waals surface area contributed by atoms with Gasteiger partial charge in [0, 0.05) is 0 Å². The molecule has 0 spiro atoms. The first kappa shape index (κ1) is 91.2. The van der Waals surface area contributed by atoms with Crippen molar-refractivity contribution in [2.24, 2.45) is 0 Å². The minimum Gasteiger partial charge on any atom is -0.504 e. The summed E-state index contributed by atoms with van der Waals surface area (Å²) in [7, 11) is -4.39. The first-order chi connectivity index (χ1) is 55.5. The molecule has 0 radical (unpaired) electrons. The highest BCUT2D eigenvalue weighted by Crippen LogP contribution is 2.46. The minimum atomic E-state index is -5.74. The van der Waals surface area contributed by atoms with E-state index in [4.69, 9.17) is 110 Å². The zero-order valence-corrected chi connectivity index (χ0v) is 64.2. The van der Waals surface area contributed by atoms with Crippen molar-refractivity contribution in [1.29, 1.82) is 0 Å². The zero-order chi connectivity index (χ0) is 84.9. The van der Waals surface area contributed by atoms with E-state index in [1.807, 2.05) is 119 Å². The number of rotatable bonds is 10. The van der Waals surface area contributed by atoms with Gasteiger partial charge in [0.2, 0.25) is 28.7 Å². The molecule has 6 heterocycles. The van der Waals surface area contributed by atoms with Crippen molar-refractivity contribution in [3.63, 3.8) is 0 Å². The molecule has 0 bridgehead atoms. The molecule has 15 rings (SSSR count). The predicted molar refractivity (Wildman–Crippen MR) is 397 cm³/mol. The lowest BCUT2D eigenvalue weighted by molar-refractivity contribution is -0.193. The van der Waals surface area contributed by atoms with Gasteiger partial charge in [-0.1, -0.05) is 60.7 Å². The number of methoxy groups -OCH3 is 1. The summed E-state index contributed by atoms with van der Waals surface area (Å²) in [5.74, 6) is 5.72. The molecular formula is C81H81F3O31S. The Morgan fingerprint density at radius 2 is 0.664 bits per heavy atom. The molecule has 9 aromatic carbocycles. The molecule has 6 aliphatic rings. The molecule has 35 heteroatoms. The number of carbonyl (C=O) groups is 1. The van der Waals surface area contributed by atoms with Gasteiger partial charge in [-0.3, -0.25) is 0 Å². The molecule has 0 saturated carbocycles. The normalized spacial score (nSPS) is 12.6. The quantitative estimate of drug-likeness (QED) is 0.0320. The van der Waals surface area contributed by atoms with E-state index in [-0.39, 0.29) is 72.8 Å². The Kier molecular flexibility index (Phi) is 35.9. The number of esters is 1. The van der Waals surface area contributed by atoms with Gasteiger partial charge in [0.25, 0.3) is 0 Å². The molecule has 31 nitrogen and oxygen atoms in total. The highest BCUT2D eigenvalue weighted by molar-refractivity contribution is 7.88. The Morgan fingerprint density at radius 3 is 1.03 bits per heavy atom. The number of hydrogen-bond donors (Lipinski definition) is 6. The van der Waals surface area contributed by atoms with Crippen LogP contribution in [0.5, 0.6) is 115 Å². The molecule has 9 aromatic rings. The fourth-order valence-corrected chi connectivity index (χ4v) is 11.0. The van der Waals surface area contributed by atoms with E-state index >= 15 is 0 Å². The third-order valence-corrected chi connectivity index (χ3v) is 16.2. The Morgan fingerprint density at radius 1 is 0.379 bits per heavy atom. The maximum atomic E-state index is 12.3. The summed E-state index contributed by atoms with van der Waals surface area (Å²) in [5, 5.41) is 54.7. The summed E-state index contributed by atoms with van der Waals surface area (Å²) in [6.07, 6.45) is 0.750. The van der Waals surface area contributed by atoms with Gasteiger partial charge in [0.1, 0.15) is 98.1 Å². The fourth-order valence-electron chi connectivity index (χ4n) is 10.5. The number of phenols is 5. The second kappa shape index (κ2) is 45.7. The topological polar surface area (TPSA) is 423 Å². The molecular weight excluding hydrogens is 1560 g/mol. The van der Waals surface area contributed by atoms with Crippen LogP contribution in [0.15, 0.2) is 146 Å². The number of benzene rings is 9. The molecule has 0 aromatic heterocycles. The number of halogens is 3. The van der Waals surface area contributed by atoms with Gasteiger partial charge < -0.3 is 106 Å². The van der Waals surface area contributed by atoms with E-state index in [9.17, 15) is 41.7 Å². The highest BCUT2D eigenvalue weighted by Gasteiger charge is 2.49. The first-order valence-corrected chi connectivity index (χ1v) is 36.0. The fraction of sp³-hybridized carbons (Fsp3) is 0.284. The van der Waals surface area contributed by atoms with Crippen molar-refractivity contribution in [2.75, 3.05) is 86.4 Å². The molecule has 6 N–H and O–H groups in total. The molecule has 618 valence electrons. The highest BCUT2D eigenvalue weighted by atomic mass is 32.2. The summed E-state index contributed by atoms with van der Waals surface area (Å²) < 4.78 is 144. The second-order valence-electron chi connectivity index (χ2n) is 24.2. The second-order valence-corrected chi connectivity index (χ2v) is 25.8. The average molecular weight is 1640 g/mol. The first-order valence-electron chi connectivity index (χ1n) is 34.6. The van der Waals surface area contributed by atoms with Crippen LogP contribution in [0.25, 0.3) is 0 Å². The van der Waals surface area contributed by atoms with Crippen LogP contribution < -0.4 is 70.5 Å². The number of ether oxygens (including phenoxy) is 15. The van der Waals surface area contributed by atoms with Gasteiger partial charge in [-0.05, 0) is 177 Å². The van der Waals surface area contributed by atoms with Gasteiger partial charge in [-0.2, -0.15) is 50.4 Å². The van der Waals surface area contributed by atoms with Gasteiger partial charge in [-0.15, -0.1) is 0 Å². The Bertz CT molecular complexity index is 4830. The lowest BCUT2D eigenvalue weighted by Gasteiger charge is -2.22. The molecule has 116 heavy (non-hydrogen) atoms. The number of alkyl halides is 3. The third kappa shape index (κ3) is 27.9. The maximum Gasteiger partial charge on any atom is 0.534 e. The molecule has 0 atom stereocenters. The number of phenolic OH excluding ortho intramolecular Hbond substituents is 5. The van der Waals surface area contributed by atoms with E-state index < -0.39 is 33.1 Å². The number of aryl methyl sites for hydroxylation is 6. The van der Waals surface area contributed by atoms with Crippen LogP contribution >= 0.6 is 0 Å². The van der Waals surface area contributed by atoms with Crippen molar-refractivity contribution in [2.45, 2.75) is 66.9 Å². The van der Waals surface area contributed by atoms with Gasteiger partial charge >= 0.3 is 40.1 Å². The van der Waals surface area contributed by atoms with Crippen molar-refractivity contribution in [3.05, 3.63) is 201 Å².